The van der Waals surface area contributed by atoms with Gasteiger partial charge in [-0.05, 0) is 0 Å². The molecule has 0 radical (unpaired) electrons. The van der Waals surface area contributed by atoms with Crippen molar-refractivity contribution in [2.24, 2.45) is 0 Å². The third-order valence-corrected chi connectivity index (χ3v) is 3.98. The van der Waals surface area contributed by atoms with Crippen LogP contribution in [0.25, 0.3) is 6.08 Å². The first-order valence-corrected chi connectivity index (χ1v) is 6.13. The van der Waals surface area contributed by atoms with E-state index in [1.165, 1.54) is 0 Å². The first kappa shape index (κ1) is 8.69. The Morgan fingerprint density at radius 3 is 2.85 bits per heavy atom. The molecule has 0 unspecified atom stereocenters. The number of nitrogens with one attached hydrogen (secondary N) is 1. The van der Waals surface area contributed by atoms with E-state index >= 15 is 0 Å². The first-order valence-electron chi connectivity index (χ1n) is 3.54. The van der Waals surface area contributed by atoms with Gasteiger partial charge in [0, 0.05) is 0 Å². The summed E-state index contributed by atoms with van der Waals surface area (Å²) in [7, 11) is 0. The van der Waals surface area contributed by atoms with Crippen LogP contribution in [-0.2, 0) is 4.79 Å². The summed E-state index contributed by atoms with van der Waals surface area (Å²) in [5, 5.41) is 4.20. The number of amides is 2. The van der Waals surface area contributed by atoms with Crippen LogP contribution in [0.3, 0.4) is 0 Å². The Labute approximate surface area is 85.0 Å². The molecule has 0 bridgehead atoms. The first-order chi connectivity index (χ1) is 6.25. The molecule has 2 amide bonds. The Kier molecular flexibility index (Phi) is 2.31. The van der Waals surface area contributed by atoms with Gasteiger partial charge < -0.3 is 0 Å². The molecular formula is C8H5NO2SSe. The van der Waals surface area contributed by atoms with Crippen LogP contribution in [0.2, 0.25) is 0 Å². The van der Waals surface area contributed by atoms with Crippen LogP contribution < -0.4 is 5.32 Å². The zero-order valence-electron chi connectivity index (χ0n) is 6.44. The molecule has 1 aromatic rings. The van der Waals surface area contributed by atoms with Gasteiger partial charge in [-0.2, -0.15) is 0 Å². The summed E-state index contributed by atoms with van der Waals surface area (Å²) in [6.07, 6.45) is 1.78. The molecule has 2 rings (SSSR count). The normalized spacial score (nSPS) is 19.5. The molecule has 0 spiro atoms. The second kappa shape index (κ2) is 3.46. The Bertz CT molecular complexity index is 383. The molecule has 1 fully saturated rings. The average molecular weight is 258 g/mol. The molecule has 2 heterocycles. The second-order valence-corrected chi connectivity index (χ2v) is 5.48. The van der Waals surface area contributed by atoms with E-state index in [0.29, 0.717) is 4.47 Å². The fourth-order valence-electron chi connectivity index (χ4n) is 0.924. The van der Waals surface area contributed by atoms with E-state index < -0.39 is 0 Å². The van der Waals surface area contributed by atoms with Crippen LogP contribution in [0.5, 0.6) is 0 Å². The van der Waals surface area contributed by atoms with E-state index in [4.69, 9.17) is 0 Å². The number of rotatable bonds is 1. The van der Waals surface area contributed by atoms with Crippen LogP contribution in [0.4, 0.5) is 4.79 Å². The van der Waals surface area contributed by atoms with E-state index in [2.05, 4.69) is 5.32 Å². The monoisotopic (exact) mass is 259 g/mol. The summed E-state index contributed by atoms with van der Waals surface area (Å²) in [5.41, 5.74) is 0. The quantitative estimate of drug-likeness (QED) is 0.604. The molecule has 1 saturated heterocycles. The molecule has 0 aliphatic carbocycles. The molecule has 5 heteroatoms. The van der Waals surface area contributed by atoms with Crippen molar-refractivity contribution < 1.29 is 9.59 Å². The van der Waals surface area contributed by atoms with Gasteiger partial charge in [-0.15, -0.1) is 0 Å². The number of thiophene rings is 1. The number of carbonyl (C=O) groups is 2. The molecule has 1 aromatic heterocycles. The summed E-state index contributed by atoms with van der Waals surface area (Å²) in [5.74, 6) is -0.238. The van der Waals surface area contributed by atoms with E-state index in [1.54, 1.807) is 17.4 Å². The molecule has 1 aliphatic heterocycles. The Morgan fingerprint density at radius 2 is 2.31 bits per heavy atom. The van der Waals surface area contributed by atoms with Crippen LogP contribution in [0.15, 0.2) is 22.0 Å². The van der Waals surface area contributed by atoms with Gasteiger partial charge in [0.05, 0.1) is 0 Å². The van der Waals surface area contributed by atoms with Crippen LogP contribution in [0, 0.1) is 0 Å². The summed E-state index contributed by atoms with van der Waals surface area (Å²) in [6.45, 7) is 0. The molecule has 0 saturated carbocycles. The Hall–Kier alpha value is -0.901. The fourth-order valence-corrected chi connectivity index (χ4v) is 3.16. The molecule has 13 heavy (non-hydrogen) atoms. The van der Waals surface area contributed by atoms with E-state index in [1.807, 2.05) is 17.5 Å². The summed E-state index contributed by atoms with van der Waals surface area (Å²) in [6, 6.07) is 3.84. The van der Waals surface area contributed by atoms with Gasteiger partial charge in [-0.3, -0.25) is 0 Å². The Balaban J connectivity index is 2.27. The van der Waals surface area contributed by atoms with E-state index in [9.17, 15) is 9.59 Å². The van der Waals surface area contributed by atoms with E-state index in [0.717, 1.165) is 4.88 Å². The van der Waals surface area contributed by atoms with Crippen molar-refractivity contribution in [2.75, 3.05) is 0 Å². The van der Waals surface area contributed by atoms with Gasteiger partial charge in [0.1, 0.15) is 0 Å². The van der Waals surface area contributed by atoms with Crippen molar-refractivity contribution >= 4 is 43.1 Å². The van der Waals surface area contributed by atoms with Crippen molar-refractivity contribution in [3.8, 4) is 0 Å². The zero-order valence-corrected chi connectivity index (χ0v) is 8.97. The van der Waals surface area contributed by atoms with Gasteiger partial charge in [0.25, 0.3) is 0 Å². The minimum absolute atomic E-state index is 0.152. The van der Waals surface area contributed by atoms with Crippen LogP contribution in [0.1, 0.15) is 4.88 Å². The predicted octanol–water partition coefficient (Wildman–Crippen LogP) is 1.04. The van der Waals surface area contributed by atoms with Gasteiger partial charge in [-0.1, -0.05) is 0 Å². The average Bonchev–Trinajstić information content (AvgIpc) is 2.63. The summed E-state index contributed by atoms with van der Waals surface area (Å²) >= 11 is 1.21. The molecule has 0 atom stereocenters. The molecule has 1 N–H and O–H groups in total. The molecule has 66 valence electrons. The van der Waals surface area contributed by atoms with Crippen molar-refractivity contribution in [1.29, 1.82) is 0 Å². The van der Waals surface area contributed by atoms with Crippen molar-refractivity contribution in [3.05, 3.63) is 26.9 Å². The molecular weight excluding hydrogens is 253 g/mol. The Morgan fingerprint density at radius 1 is 1.46 bits per heavy atom. The third-order valence-electron chi connectivity index (χ3n) is 1.46. The summed E-state index contributed by atoms with van der Waals surface area (Å²) < 4.78 is 0.611. The number of hydrogen-bond donors (Lipinski definition) is 1. The second-order valence-electron chi connectivity index (χ2n) is 2.37. The van der Waals surface area contributed by atoms with Crippen molar-refractivity contribution in [1.82, 2.24) is 5.32 Å². The van der Waals surface area contributed by atoms with Crippen molar-refractivity contribution in [3.63, 3.8) is 0 Å². The van der Waals surface area contributed by atoms with Gasteiger partial charge in [0.15, 0.2) is 0 Å². The van der Waals surface area contributed by atoms with Crippen molar-refractivity contribution in [2.45, 2.75) is 0 Å². The molecule has 1 aliphatic rings. The van der Waals surface area contributed by atoms with Gasteiger partial charge in [-0.25, -0.2) is 0 Å². The molecule has 0 aromatic carbocycles. The standard InChI is InChI=1S/C8H5NO2SSe/c10-7-6(13-8(11)9-7)4-5-2-1-3-12-5/h1-4H,(H,9,10,11)/b6-4+. The van der Waals surface area contributed by atoms with E-state index in [-0.39, 0.29) is 25.7 Å². The van der Waals surface area contributed by atoms with Crippen LogP contribution >= 0.6 is 11.3 Å². The minimum atomic E-state index is -0.346. The summed E-state index contributed by atoms with van der Waals surface area (Å²) in [4.78, 5) is 22.8. The zero-order chi connectivity index (χ0) is 9.26. The van der Waals surface area contributed by atoms with Gasteiger partial charge in [0.2, 0.25) is 0 Å². The maximum atomic E-state index is 11.1. The number of imide groups is 1. The maximum absolute atomic E-state index is 11.1. The van der Waals surface area contributed by atoms with Crippen LogP contribution in [-0.4, -0.2) is 25.7 Å². The SMILES string of the molecule is O=C1NC(=O)/C(=C\c2cccs2)[Se]1. The molecule has 3 nitrogen and oxygen atoms in total. The van der Waals surface area contributed by atoms with Gasteiger partial charge >= 0.3 is 84.8 Å². The number of hydrogen-bond acceptors (Lipinski definition) is 3. The predicted molar refractivity (Wildman–Crippen MR) is 51.6 cm³/mol. The number of carbonyl (C=O) groups excluding carboxylic acids is 2. The fraction of sp³-hybridized carbons (Fsp3) is 0. The third kappa shape index (κ3) is 1.88. The topological polar surface area (TPSA) is 46.2 Å².